The van der Waals surface area contributed by atoms with Crippen LogP contribution in [0.5, 0.6) is 0 Å². The van der Waals surface area contributed by atoms with Crippen molar-refractivity contribution in [2.45, 2.75) is 64.6 Å². The SMILES string of the molecule is C=C(C)C(=O)OC1CC(C)(C)NC(C)(C)C1.C=Cc1ccccc1. The van der Waals surface area contributed by atoms with E-state index >= 15 is 0 Å². The Balaban J connectivity index is 0.000000300. The Morgan fingerprint density at radius 2 is 1.67 bits per heavy atom. The zero-order valence-corrected chi connectivity index (χ0v) is 15.7. The first-order valence-electron chi connectivity index (χ1n) is 8.38. The Bertz CT molecular complexity index is 557. The van der Waals surface area contributed by atoms with Gasteiger partial charge in [-0.2, -0.15) is 0 Å². The minimum Gasteiger partial charge on any atom is -0.459 e. The van der Waals surface area contributed by atoms with Crippen molar-refractivity contribution in [1.29, 1.82) is 0 Å². The fourth-order valence-corrected chi connectivity index (χ4v) is 3.15. The average molecular weight is 329 g/mol. The molecule has 1 aliphatic rings. The normalized spacial score (nSPS) is 18.7. The van der Waals surface area contributed by atoms with Crippen LogP contribution in [-0.4, -0.2) is 23.2 Å². The van der Waals surface area contributed by atoms with E-state index in [9.17, 15) is 4.79 Å². The van der Waals surface area contributed by atoms with Gasteiger partial charge < -0.3 is 10.1 Å². The maximum atomic E-state index is 11.5. The summed E-state index contributed by atoms with van der Waals surface area (Å²) in [4.78, 5) is 11.5. The van der Waals surface area contributed by atoms with Crippen LogP contribution in [-0.2, 0) is 9.53 Å². The Hall–Kier alpha value is -1.87. The highest BCUT2D eigenvalue weighted by Gasteiger charge is 2.39. The summed E-state index contributed by atoms with van der Waals surface area (Å²) < 4.78 is 5.45. The molecule has 0 bridgehead atoms. The standard InChI is InChI=1S/C13H23NO2.C8H8/c1-9(2)11(15)16-10-7-12(3,4)14-13(5,6)8-10;1-2-8-6-4-3-5-7-8/h10,14H,1,7-8H2,2-6H3;2-7H,1H2. The third-order valence-electron chi connectivity index (χ3n) is 3.81. The van der Waals surface area contributed by atoms with Crippen LogP contribution in [0, 0.1) is 0 Å². The highest BCUT2D eigenvalue weighted by Crippen LogP contribution is 2.30. The number of carbonyl (C=O) groups is 1. The van der Waals surface area contributed by atoms with Gasteiger partial charge in [-0.15, -0.1) is 0 Å². The van der Waals surface area contributed by atoms with Gasteiger partial charge in [0, 0.05) is 29.5 Å². The van der Waals surface area contributed by atoms with Crippen molar-refractivity contribution in [3.05, 3.63) is 54.6 Å². The minimum atomic E-state index is -0.279. The Morgan fingerprint density at radius 3 is 2.04 bits per heavy atom. The topological polar surface area (TPSA) is 38.3 Å². The van der Waals surface area contributed by atoms with Crippen LogP contribution in [0.2, 0.25) is 0 Å². The van der Waals surface area contributed by atoms with Gasteiger partial charge in [0.05, 0.1) is 0 Å². The van der Waals surface area contributed by atoms with Crippen molar-refractivity contribution < 1.29 is 9.53 Å². The molecule has 2 rings (SSSR count). The summed E-state index contributed by atoms with van der Waals surface area (Å²) in [6, 6.07) is 10.0. The predicted octanol–water partition coefficient (Wildman–Crippen LogP) is 4.74. The highest BCUT2D eigenvalue weighted by molar-refractivity contribution is 5.87. The molecule has 0 aromatic heterocycles. The minimum absolute atomic E-state index is 0.00176. The second-order valence-electron chi connectivity index (χ2n) is 7.72. The number of benzene rings is 1. The number of piperidine rings is 1. The fourth-order valence-electron chi connectivity index (χ4n) is 3.15. The molecule has 0 saturated carbocycles. The molecule has 1 aliphatic heterocycles. The Kier molecular flexibility index (Phi) is 6.97. The lowest BCUT2D eigenvalue weighted by Gasteiger charge is -2.45. The van der Waals surface area contributed by atoms with E-state index in [-0.39, 0.29) is 23.2 Å². The molecule has 1 aromatic rings. The van der Waals surface area contributed by atoms with Gasteiger partial charge >= 0.3 is 5.97 Å². The quantitative estimate of drug-likeness (QED) is 0.643. The Labute approximate surface area is 146 Å². The summed E-state index contributed by atoms with van der Waals surface area (Å²) >= 11 is 0. The summed E-state index contributed by atoms with van der Waals surface area (Å²) in [6.07, 6.45) is 3.50. The molecule has 0 atom stereocenters. The van der Waals surface area contributed by atoms with E-state index < -0.39 is 0 Å². The molecule has 24 heavy (non-hydrogen) atoms. The van der Waals surface area contributed by atoms with Crippen molar-refractivity contribution >= 4 is 12.0 Å². The van der Waals surface area contributed by atoms with Crippen LogP contribution < -0.4 is 5.32 Å². The fraction of sp³-hybridized carbons (Fsp3) is 0.476. The number of carbonyl (C=O) groups excluding carboxylic acids is 1. The Morgan fingerprint density at radius 1 is 1.17 bits per heavy atom. The van der Waals surface area contributed by atoms with Crippen LogP contribution in [0.15, 0.2) is 49.1 Å². The van der Waals surface area contributed by atoms with E-state index in [1.165, 1.54) is 5.56 Å². The summed E-state index contributed by atoms with van der Waals surface area (Å²) in [5, 5.41) is 3.55. The van der Waals surface area contributed by atoms with Gasteiger partial charge in [0.2, 0.25) is 0 Å². The van der Waals surface area contributed by atoms with Gasteiger partial charge in [0.1, 0.15) is 6.10 Å². The van der Waals surface area contributed by atoms with E-state index in [1.807, 2.05) is 36.4 Å². The summed E-state index contributed by atoms with van der Waals surface area (Å²) in [5.74, 6) is -0.279. The van der Waals surface area contributed by atoms with Crippen LogP contribution >= 0.6 is 0 Å². The van der Waals surface area contributed by atoms with Gasteiger partial charge in [-0.1, -0.05) is 49.6 Å². The molecule has 1 fully saturated rings. The van der Waals surface area contributed by atoms with Crippen molar-refractivity contribution in [2.24, 2.45) is 0 Å². The largest absolute Gasteiger partial charge is 0.459 e. The molecule has 0 aliphatic carbocycles. The van der Waals surface area contributed by atoms with E-state index in [0.29, 0.717) is 5.57 Å². The molecule has 0 amide bonds. The van der Waals surface area contributed by atoms with Gasteiger partial charge in [0.15, 0.2) is 0 Å². The molecular weight excluding hydrogens is 298 g/mol. The second kappa shape index (κ2) is 8.29. The second-order valence-corrected chi connectivity index (χ2v) is 7.72. The number of rotatable bonds is 3. The summed E-state index contributed by atoms with van der Waals surface area (Å²) in [5.41, 5.74) is 1.64. The van der Waals surface area contributed by atoms with Crippen molar-refractivity contribution in [1.82, 2.24) is 5.32 Å². The molecule has 1 heterocycles. The van der Waals surface area contributed by atoms with E-state index in [0.717, 1.165) is 12.8 Å². The van der Waals surface area contributed by atoms with Crippen LogP contribution in [0.3, 0.4) is 0 Å². The van der Waals surface area contributed by atoms with Crippen molar-refractivity contribution in [3.8, 4) is 0 Å². The average Bonchev–Trinajstić information content (AvgIpc) is 2.45. The van der Waals surface area contributed by atoms with E-state index in [4.69, 9.17) is 4.74 Å². The molecule has 1 N–H and O–H groups in total. The zero-order chi connectivity index (χ0) is 18.4. The summed E-state index contributed by atoms with van der Waals surface area (Å²) in [7, 11) is 0. The number of esters is 1. The van der Waals surface area contributed by atoms with Gasteiger partial charge in [-0.25, -0.2) is 4.79 Å². The molecule has 0 spiro atoms. The molecule has 0 radical (unpaired) electrons. The molecule has 3 heteroatoms. The van der Waals surface area contributed by atoms with Crippen LogP contribution in [0.25, 0.3) is 6.08 Å². The van der Waals surface area contributed by atoms with Gasteiger partial charge in [0.25, 0.3) is 0 Å². The lowest BCUT2D eigenvalue weighted by Crippen LogP contribution is -2.59. The first kappa shape index (κ1) is 20.2. The van der Waals surface area contributed by atoms with Crippen molar-refractivity contribution in [3.63, 3.8) is 0 Å². The third-order valence-corrected chi connectivity index (χ3v) is 3.81. The van der Waals surface area contributed by atoms with E-state index in [1.54, 1.807) is 6.92 Å². The molecule has 3 nitrogen and oxygen atoms in total. The first-order chi connectivity index (χ1) is 11.0. The molecule has 0 unspecified atom stereocenters. The van der Waals surface area contributed by atoms with Crippen molar-refractivity contribution in [2.75, 3.05) is 0 Å². The van der Waals surface area contributed by atoms with E-state index in [2.05, 4.69) is 46.2 Å². The monoisotopic (exact) mass is 329 g/mol. The molecule has 1 aromatic carbocycles. The maximum absolute atomic E-state index is 11.5. The van der Waals surface area contributed by atoms with Gasteiger partial charge in [-0.05, 0) is 40.2 Å². The maximum Gasteiger partial charge on any atom is 0.333 e. The molecular formula is C21H31NO2. The number of hydrogen-bond acceptors (Lipinski definition) is 3. The molecule has 1 saturated heterocycles. The smallest absolute Gasteiger partial charge is 0.333 e. The van der Waals surface area contributed by atoms with Crippen LogP contribution in [0.1, 0.15) is 53.0 Å². The number of ether oxygens (including phenoxy) is 1. The lowest BCUT2D eigenvalue weighted by atomic mass is 9.81. The number of hydrogen-bond donors (Lipinski definition) is 1. The molecule has 132 valence electrons. The highest BCUT2D eigenvalue weighted by atomic mass is 16.5. The lowest BCUT2D eigenvalue weighted by molar-refractivity contribution is -0.148. The number of nitrogens with one attached hydrogen (secondary N) is 1. The third kappa shape index (κ3) is 7.14. The first-order valence-corrected chi connectivity index (χ1v) is 8.38. The van der Waals surface area contributed by atoms with Crippen LogP contribution in [0.4, 0.5) is 0 Å². The van der Waals surface area contributed by atoms with Gasteiger partial charge in [-0.3, -0.25) is 0 Å². The summed E-state index contributed by atoms with van der Waals surface area (Å²) in [6.45, 7) is 17.5. The predicted molar refractivity (Wildman–Crippen MR) is 102 cm³/mol. The zero-order valence-electron chi connectivity index (χ0n) is 15.7.